The number of hydrogen-bond donors (Lipinski definition) is 1. The Balaban J connectivity index is 1.77. The van der Waals surface area contributed by atoms with Crippen LogP contribution in [-0.4, -0.2) is 21.6 Å². The molecule has 1 N–H and O–H groups in total. The van der Waals surface area contributed by atoms with Crippen molar-refractivity contribution in [3.05, 3.63) is 107 Å². The maximum absolute atomic E-state index is 13.6. The third kappa shape index (κ3) is 4.89. The van der Waals surface area contributed by atoms with Crippen molar-refractivity contribution in [1.29, 1.82) is 5.26 Å². The Morgan fingerprint density at radius 1 is 1.03 bits per heavy atom. The molecule has 0 fully saturated rings. The molecule has 6 nitrogen and oxygen atoms in total. The second-order valence-electron chi connectivity index (χ2n) is 8.01. The molecule has 4 rings (SSSR count). The van der Waals surface area contributed by atoms with Crippen LogP contribution in [0.1, 0.15) is 16.7 Å². The lowest BCUT2D eigenvalue weighted by Gasteiger charge is -2.22. The van der Waals surface area contributed by atoms with Crippen molar-refractivity contribution in [2.45, 2.75) is 20.0 Å². The minimum Gasteiger partial charge on any atom is -0.480 e. The second-order valence-corrected chi connectivity index (χ2v) is 8.01. The number of fused-ring (bicyclic) bond motifs is 1. The van der Waals surface area contributed by atoms with Crippen molar-refractivity contribution in [2.24, 2.45) is 0 Å². The van der Waals surface area contributed by atoms with E-state index in [2.05, 4.69) is 6.07 Å². The molecule has 1 amide bonds. The third-order valence-corrected chi connectivity index (χ3v) is 5.52. The maximum Gasteiger partial charge on any atom is 0.323 e. The molecule has 0 aliphatic rings. The van der Waals surface area contributed by atoms with Crippen LogP contribution in [0.4, 0.5) is 5.69 Å². The SMILES string of the molecule is Cc1ccc2c(/C=C(\C#N)C(=O)N(Cc3ccccc3)c3ccccc3)cn(CC(=O)O)c2c1. The number of aryl methyl sites for hydroxylation is 1. The summed E-state index contributed by atoms with van der Waals surface area (Å²) in [5.41, 5.74) is 3.93. The molecule has 1 heterocycles. The van der Waals surface area contributed by atoms with E-state index >= 15 is 0 Å². The van der Waals surface area contributed by atoms with E-state index in [4.69, 9.17) is 0 Å². The maximum atomic E-state index is 13.6. The Hall–Kier alpha value is -4.63. The van der Waals surface area contributed by atoms with E-state index in [-0.39, 0.29) is 12.1 Å². The Labute approximate surface area is 197 Å². The molecule has 0 bridgehead atoms. The highest BCUT2D eigenvalue weighted by molar-refractivity contribution is 6.12. The highest BCUT2D eigenvalue weighted by atomic mass is 16.4. The minimum atomic E-state index is -0.969. The lowest BCUT2D eigenvalue weighted by molar-refractivity contribution is -0.137. The predicted molar refractivity (Wildman–Crippen MR) is 132 cm³/mol. The summed E-state index contributed by atoms with van der Waals surface area (Å²) in [6.07, 6.45) is 3.21. The number of nitriles is 1. The smallest absolute Gasteiger partial charge is 0.323 e. The fourth-order valence-corrected chi connectivity index (χ4v) is 3.92. The second kappa shape index (κ2) is 9.88. The predicted octanol–water partition coefficient (Wildman–Crippen LogP) is 5.17. The van der Waals surface area contributed by atoms with Gasteiger partial charge >= 0.3 is 5.97 Å². The van der Waals surface area contributed by atoms with Crippen molar-refractivity contribution in [2.75, 3.05) is 4.90 Å². The minimum absolute atomic E-state index is 0.0327. The average molecular weight is 450 g/mol. The number of aromatic nitrogens is 1. The first kappa shape index (κ1) is 22.6. The van der Waals surface area contributed by atoms with Gasteiger partial charge in [-0.15, -0.1) is 0 Å². The zero-order chi connectivity index (χ0) is 24.1. The number of hydrogen-bond acceptors (Lipinski definition) is 3. The van der Waals surface area contributed by atoms with Crippen LogP contribution < -0.4 is 4.90 Å². The van der Waals surface area contributed by atoms with Crippen LogP contribution in [0, 0.1) is 18.3 Å². The normalized spacial score (nSPS) is 11.2. The van der Waals surface area contributed by atoms with E-state index in [1.54, 1.807) is 21.7 Å². The van der Waals surface area contributed by atoms with Gasteiger partial charge in [-0.3, -0.25) is 9.59 Å². The number of carbonyl (C=O) groups excluding carboxylic acids is 1. The molecule has 0 atom stereocenters. The number of carbonyl (C=O) groups is 2. The fraction of sp³-hybridized carbons (Fsp3) is 0.107. The number of amides is 1. The summed E-state index contributed by atoms with van der Waals surface area (Å²) >= 11 is 0. The van der Waals surface area contributed by atoms with E-state index in [1.165, 1.54) is 0 Å². The molecule has 0 aliphatic heterocycles. The van der Waals surface area contributed by atoms with Gasteiger partial charge in [0.05, 0.1) is 6.54 Å². The van der Waals surface area contributed by atoms with Crippen LogP contribution in [0.2, 0.25) is 0 Å². The van der Waals surface area contributed by atoms with Crippen LogP contribution in [0.25, 0.3) is 17.0 Å². The van der Waals surface area contributed by atoms with Crippen molar-refractivity contribution in [3.63, 3.8) is 0 Å². The lowest BCUT2D eigenvalue weighted by Crippen LogP contribution is -2.31. The molecule has 1 aromatic heterocycles. The molecule has 3 aromatic carbocycles. The highest BCUT2D eigenvalue weighted by Crippen LogP contribution is 2.26. The first-order chi connectivity index (χ1) is 16.5. The molecule has 0 saturated heterocycles. The number of benzene rings is 3. The largest absolute Gasteiger partial charge is 0.480 e. The summed E-state index contributed by atoms with van der Waals surface area (Å²) in [7, 11) is 0. The number of carboxylic acid groups (broad SMARTS) is 1. The van der Waals surface area contributed by atoms with Gasteiger partial charge in [0.1, 0.15) is 18.2 Å². The summed E-state index contributed by atoms with van der Waals surface area (Å²) in [6.45, 7) is 2.02. The molecule has 168 valence electrons. The van der Waals surface area contributed by atoms with Gasteiger partial charge in [0, 0.05) is 28.4 Å². The Kier molecular flexibility index (Phi) is 6.56. The molecule has 0 unspecified atom stereocenters. The quantitative estimate of drug-likeness (QED) is 0.311. The summed E-state index contributed by atoms with van der Waals surface area (Å²) in [5.74, 6) is -1.40. The van der Waals surface area contributed by atoms with Crippen molar-refractivity contribution in [1.82, 2.24) is 4.57 Å². The van der Waals surface area contributed by atoms with Crippen LogP contribution in [0.5, 0.6) is 0 Å². The summed E-state index contributed by atoms with van der Waals surface area (Å²) in [5, 5.41) is 20.0. The Morgan fingerprint density at radius 2 is 1.71 bits per heavy atom. The zero-order valence-electron chi connectivity index (χ0n) is 18.7. The molecule has 6 heteroatoms. The Bertz CT molecular complexity index is 1410. The van der Waals surface area contributed by atoms with Crippen molar-refractivity contribution >= 4 is 34.5 Å². The van der Waals surface area contributed by atoms with Gasteiger partial charge in [0.15, 0.2) is 0 Å². The number of aliphatic carboxylic acids is 1. The van der Waals surface area contributed by atoms with E-state index in [9.17, 15) is 20.0 Å². The zero-order valence-corrected chi connectivity index (χ0v) is 18.7. The van der Waals surface area contributed by atoms with E-state index in [0.717, 1.165) is 22.0 Å². The number of nitrogens with zero attached hydrogens (tertiary/aromatic N) is 3. The van der Waals surface area contributed by atoms with E-state index in [0.29, 0.717) is 17.8 Å². The van der Waals surface area contributed by atoms with Crippen LogP contribution in [0.15, 0.2) is 90.6 Å². The average Bonchev–Trinajstić information content (AvgIpc) is 3.17. The van der Waals surface area contributed by atoms with Gasteiger partial charge in [0.2, 0.25) is 0 Å². The summed E-state index contributed by atoms with van der Waals surface area (Å²) in [6, 6.07) is 26.6. The van der Waals surface area contributed by atoms with Gasteiger partial charge in [-0.2, -0.15) is 5.26 Å². The summed E-state index contributed by atoms with van der Waals surface area (Å²) < 4.78 is 1.62. The fourth-order valence-electron chi connectivity index (χ4n) is 3.92. The van der Waals surface area contributed by atoms with Crippen LogP contribution >= 0.6 is 0 Å². The van der Waals surface area contributed by atoms with Gasteiger partial charge in [-0.05, 0) is 42.3 Å². The monoisotopic (exact) mass is 449 g/mol. The van der Waals surface area contributed by atoms with Crippen LogP contribution in [0.3, 0.4) is 0 Å². The topological polar surface area (TPSA) is 86.3 Å². The molecular formula is C28H23N3O3. The molecule has 34 heavy (non-hydrogen) atoms. The molecule has 0 aliphatic carbocycles. The van der Waals surface area contributed by atoms with Gasteiger partial charge in [-0.25, -0.2) is 0 Å². The Morgan fingerprint density at radius 3 is 2.35 bits per heavy atom. The molecule has 0 saturated carbocycles. The van der Waals surface area contributed by atoms with E-state index in [1.807, 2.05) is 85.8 Å². The number of anilines is 1. The molecular weight excluding hydrogens is 426 g/mol. The standard InChI is InChI=1S/C28H23N3O3/c1-20-12-13-25-23(18-30(19-27(32)33)26(25)14-20)15-22(16-29)28(34)31(24-10-6-3-7-11-24)17-21-8-4-2-5-9-21/h2-15,18H,17,19H2,1H3,(H,32,33)/b22-15+. The first-order valence-corrected chi connectivity index (χ1v) is 10.8. The molecule has 0 radical (unpaired) electrons. The summed E-state index contributed by atoms with van der Waals surface area (Å²) in [4.78, 5) is 26.5. The first-order valence-electron chi connectivity index (χ1n) is 10.8. The molecule has 0 spiro atoms. The van der Waals surface area contributed by atoms with Crippen molar-refractivity contribution in [3.8, 4) is 6.07 Å². The number of carboxylic acids is 1. The lowest BCUT2D eigenvalue weighted by atomic mass is 10.1. The molecule has 4 aromatic rings. The highest BCUT2D eigenvalue weighted by Gasteiger charge is 2.21. The third-order valence-electron chi connectivity index (χ3n) is 5.52. The number of para-hydroxylation sites is 1. The number of rotatable bonds is 7. The van der Waals surface area contributed by atoms with Crippen LogP contribution in [-0.2, 0) is 22.7 Å². The van der Waals surface area contributed by atoms with Gasteiger partial charge < -0.3 is 14.6 Å². The van der Waals surface area contributed by atoms with Gasteiger partial charge in [-0.1, -0.05) is 60.7 Å². The van der Waals surface area contributed by atoms with Crippen molar-refractivity contribution < 1.29 is 14.7 Å². The van der Waals surface area contributed by atoms with Gasteiger partial charge in [0.25, 0.3) is 5.91 Å². The van der Waals surface area contributed by atoms with E-state index < -0.39 is 11.9 Å².